The number of carbonyl (C=O) groups is 1. The summed E-state index contributed by atoms with van der Waals surface area (Å²) in [6, 6.07) is 9.56. The zero-order valence-electron chi connectivity index (χ0n) is 7.31. The molecule has 4 heteroatoms. The Kier molecular flexibility index (Phi) is 2.55. The van der Waals surface area contributed by atoms with Gasteiger partial charge in [-0.1, -0.05) is 6.07 Å². The van der Waals surface area contributed by atoms with Gasteiger partial charge < -0.3 is 5.32 Å². The van der Waals surface area contributed by atoms with Gasteiger partial charge in [-0.2, -0.15) is 0 Å². The van der Waals surface area contributed by atoms with Gasteiger partial charge in [-0.25, -0.2) is 0 Å². The van der Waals surface area contributed by atoms with E-state index in [1.165, 1.54) is 11.3 Å². The molecule has 2 rings (SSSR count). The summed E-state index contributed by atoms with van der Waals surface area (Å²) in [4.78, 5) is 15.5. The summed E-state index contributed by atoms with van der Waals surface area (Å²) in [5, 5.41) is 3.44. The molecule has 0 aliphatic carbocycles. The van der Waals surface area contributed by atoms with Crippen LogP contribution in [0.4, 0.5) is 5.00 Å². The molecule has 1 N–H and O–H groups in total. The van der Waals surface area contributed by atoms with Crippen molar-refractivity contribution in [3.8, 4) is 10.6 Å². The molecule has 0 saturated carbocycles. The Bertz CT molecular complexity index is 425. The van der Waals surface area contributed by atoms with Gasteiger partial charge in [-0.3, -0.25) is 9.78 Å². The maximum atomic E-state index is 10.2. The van der Waals surface area contributed by atoms with Gasteiger partial charge in [0.1, 0.15) is 0 Å². The lowest BCUT2D eigenvalue weighted by Crippen LogP contribution is -1.88. The van der Waals surface area contributed by atoms with E-state index in [9.17, 15) is 4.79 Å². The number of hydrogen-bond acceptors (Lipinski definition) is 3. The largest absolute Gasteiger partial charge is 0.320 e. The summed E-state index contributed by atoms with van der Waals surface area (Å²) in [6.07, 6.45) is 2.43. The van der Waals surface area contributed by atoms with Crippen molar-refractivity contribution in [2.75, 3.05) is 5.32 Å². The highest BCUT2D eigenvalue weighted by Crippen LogP contribution is 2.29. The van der Waals surface area contributed by atoms with Crippen LogP contribution >= 0.6 is 11.3 Å². The number of anilines is 1. The summed E-state index contributed by atoms with van der Waals surface area (Å²) in [5.41, 5.74) is 0.927. The van der Waals surface area contributed by atoms with Crippen LogP contribution in [-0.4, -0.2) is 11.4 Å². The first-order valence-corrected chi connectivity index (χ1v) is 4.93. The lowest BCUT2D eigenvalue weighted by atomic mass is 10.3. The highest BCUT2D eigenvalue weighted by molar-refractivity contribution is 7.19. The second kappa shape index (κ2) is 4.02. The molecule has 0 atom stereocenters. The summed E-state index contributed by atoms with van der Waals surface area (Å²) < 4.78 is 0. The first-order valence-electron chi connectivity index (χ1n) is 4.11. The number of nitrogens with one attached hydrogen (secondary N) is 1. The van der Waals surface area contributed by atoms with Crippen molar-refractivity contribution in [3.63, 3.8) is 0 Å². The summed E-state index contributed by atoms with van der Waals surface area (Å²) in [5.74, 6) is 0. The van der Waals surface area contributed by atoms with Crippen LogP contribution in [-0.2, 0) is 4.79 Å². The Morgan fingerprint density at radius 3 is 2.93 bits per heavy atom. The molecule has 70 valence electrons. The number of carbonyl (C=O) groups excluding carboxylic acids is 1. The number of thiophene rings is 1. The third kappa shape index (κ3) is 1.80. The quantitative estimate of drug-likeness (QED) is 0.780. The molecule has 0 saturated heterocycles. The Balaban J connectivity index is 2.29. The van der Waals surface area contributed by atoms with Gasteiger partial charge in [0.05, 0.1) is 15.6 Å². The Hall–Kier alpha value is -1.68. The van der Waals surface area contributed by atoms with Crippen molar-refractivity contribution in [1.82, 2.24) is 4.98 Å². The van der Waals surface area contributed by atoms with E-state index < -0.39 is 0 Å². The van der Waals surface area contributed by atoms with Gasteiger partial charge in [-0.05, 0) is 24.3 Å². The van der Waals surface area contributed by atoms with Crippen LogP contribution in [0.3, 0.4) is 0 Å². The van der Waals surface area contributed by atoms with E-state index in [2.05, 4.69) is 10.3 Å². The predicted octanol–water partition coefficient (Wildman–Crippen LogP) is 2.38. The Morgan fingerprint density at radius 1 is 1.29 bits per heavy atom. The third-order valence-corrected chi connectivity index (χ3v) is 2.76. The van der Waals surface area contributed by atoms with E-state index >= 15 is 0 Å². The molecular weight excluding hydrogens is 196 g/mol. The molecule has 3 nitrogen and oxygen atoms in total. The number of nitrogens with zero attached hydrogens (tertiary/aromatic N) is 1. The fourth-order valence-electron chi connectivity index (χ4n) is 1.12. The van der Waals surface area contributed by atoms with Crippen molar-refractivity contribution in [2.24, 2.45) is 0 Å². The van der Waals surface area contributed by atoms with Gasteiger partial charge in [0.25, 0.3) is 0 Å². The maximum Gasteiger partial charge on any atom is 0.212 e. The van der Waals surface area contributed by atoms with E-state index in [0.29, 0.717) is 6.41 Å². The molecule has 2 aromatic heterocycles. The molecule has 1 amide bonds. The molecular formula is C10H8N2OS. The van der Waals surface area contributed by atoms with Crippen LogP contribution < -0.4 is 5.32 Å². The van der Waals surface area contributed by atoms with Crippen LogP contribution in [0.15, 0.2) is 36.5 Å². The molecule has 0 unspecified atom stereocenters. The second-order valence-electron chi connectivity index (χ2n) is 2.64. The van der Waals surface area contributed by atoms with E-state index in [1.54, 1.807) is 6.20 Å². The van der Waals surface area contributed by atoms with E-state index in [0.717, 1.165) is 15.6 Å². The summed E-state index contributed by atoms with van der Waals surface area (Å²) in [6.45, 7) is 0. The topological polar surface area (TPSA) is 42.0 Å². The van der Waals surface area contributed by atoms with Crippen LogP contribution in [0.5, 0.6) is 0 Å². The molecule has 0 bridgehead atoms. The third-order valence-electron chi connectivity index (χ3n) is 1.72. The number of amides is 1. The van der Waals surface area contributed by atoms with Gasteiger partial charge in [-0.15, -0.1) is 11.3 Å². The number of pyridine rings is 1. The fourth-order valence-corrected chi connectivity index (χ4v) is 1.96. The molecule has 0 aliphatic rings. The van der Waals surface area contributed by atoms with Crippen LogP contribution in [0, 0.1) is 0 Å². The lowest BCUT2D eigenvalue weighted by Gasteiger charge is -1.93. The van der Waals surface area contributed by atoms with Crippen molar-refractivity contribution >= 4 is 22.7 Å². The molecule has 0 spiro atoms. The monoisotopic (exact) mass is 204 g/mol. The molecule has 0 radical (unpaired) electrons. The normalized spacial score (nSPS) is 9.71. The smallest absolute Gasteiger partial charge is 0.212 e. The first-order chi connectivity index (χ1) is 6.90. The lowest BCUT2D eigenvalue weighted by molar-refractivity contribution is -0.105. The van der Waals surface area contributed by atoms with E-state index in [4.69, 9.17) is 0 Å². The number of rotatable bonds is 3. The molecule has 14 heavy (non-hydrogen) atoms. The minimum absolute atomic E-state index is 0.675. The SMILES string of the molecule is O=CNc1ccc(-c2ccccn2)s1. The highest BCUT2D eigenvalue weighted by Gasteiger charge is 2.01. The Morgan fingerprint density at radius 2 is 2.21 bits per heavy atom. The van der Waals surface area contributed by atoms with E-state index in [-0.39, 0.29) is 0 Å². The van der Waals surface area contributed by atoms with Gasteiger partial charge >= 0.3 is 0 Å². The summed E-state index contributed by atoms with van der Waals surface area (Å²) in [7, 11) is 0. The average molecular weight is 204 g/mol. The van der Waals surface area contributed by atoms with Gasteiger partial charge in [0.2, 0.25) is 6.41 Å². The van der Waals surface area contributed by atoms with Crippen molar-refractivity contribution in [1.29, 1.82) is 0 Å². The minimum atomic E-state index is 0.675. The van der Waals surface area contributed by atoms with Crippen molar-refractivity contribution in [3.05, 3.63) is 36.5 Å². The number of hydrogen-bond donors (Lipinski definition) is 1. The molecule has 0 aliphatic heterocycles. The predicted molar refractivity (Wildman–Crippen MR) is 57.2 cm³/mol. The molecule has 2 heterocycles. The average Bonchev–Trinajstić information content (AvgIpc) is 2.68. The second-order valence-corrected chi connectivity index (χ2v) is 3.72. The van der Waals surface area contributed by atoms with Gasteiger partial charge in [0.15, 0.2) is 0 Å². The van der Waals surface area contributed by atoms with Crippen LogP contribution in [0.2, 0.25) is 0 Å². The Labute approximate surface area is 85.4 Å². The van der Waals surface area contributed by atoms with Crippen LogP contribution in [0.25, 0.3) is 10.6 Å². The van der Waals surface area contributed by atoms with Crippen molar-refractivity contribution < 1.29 is 4.79 Å². The van der Waals surface area contributed by atoms with Gasteiger partial charge in [0, 0.05) is 6.20 Å². The zero-order chi connectivity index (χ0) is 9.80. The van der Waals surface area contributed by atoms with Crippen molar-refractivity contribution in [2.45, 2.75) is 0 Å². The zero-order valence-corrected chi connectivity index (χ0v) is 8.12. The molecule has 0 aromatic carbocycles. The highest BCUT2D eigenvalue weighted by atomic mass is 32.1. The van der Waals surface area contributed by atoms with Crippen LogP contribution in [0.1, 0.15) is 0 Å². The molecule has 0 fully saturated rings. The molecule has 2 aromatic rings. The minimum Gasteiger partial charge on any atom is -0.320 e. The fraction of sp³-hybridized carbons (Fsp3) is 0. The number of aromatic nitrogens is 1. The standard InChI is InChI=1S/C10H8N2OS/c13-7-12-10-5-4-9(14-10)8-3-1-2-6-11-8/h1-7H,(H,12,13). The van der Waals surface area contributed by atoms with E-state index in [1.807, 2.05) is 30.3 Å². The first kappa shape index (κ1) is 8.90. The maximum absolute atomic E-state index is 10.2. The summed E-state index contributed by atoms with van der Waals surface area (Å²) >= 11 is 1.51.